The Morgan fingerprint density at radius 3 is 2.35 bits per heavy atom. The second-order valence-corrected chi connectivity index (χ2v) is 10.5. The van der Waals surface area contributed by atoms with Crippen molar-refractivity contribution >= 4 is 21.3 Å². The molecule has 1 amide bonds. The van der Waals surface area contributed by atoms with Crippen LogP contribution in [0.4, 0.5) is 0 Å². The lowest BCUT2D eigenvalue weighted by Gasteiger charge is -2.56. The molecule has 0 radical (unpaired) electrons. The van der Waals surface area contributed by atoms with E-state index in [0.29, 0.717) is 5.52 Å². The van der Waals surface area contributed by atoms with Crippen LogP contribution in [0.3, 0.4) is 0 Å². The Balaban J connectivity index is 1.52. The fraction of sp³-hybridized carbons (Fsp3) is 0.579. The van der Waals surface area contributed by atoms with Gasteiger partial charge in [-0.15, -0.1) is 0 Å². The smallest absolute Gasteiger partial charge is 0.272 e. The first-order valence-corrected chi connectivity index (χ1v) is 11.2. The maximum Gasteiger partial charge on any atom is 0.272 e. The molecule has 2 aromatic rings. The van der Waals surface area contributed by atoms with Crippen molar-refractivity contribution in [3.63, 3.8) is 0 Å². The number of hydrogen-bond donors (Lipinski definition) is 1. The summed E-state index contributed by atoms with van der Waals surface area (Å²) in [7, 11) is -3.52. The number of fused-ring (bicyclic) bond motifs is 1. The van der Waals surface area contributed by atoms with Crippen molar-refractivity contribution in [3.05, 3.63) is 30.1 Å². The van der Waals surface area contributed by atoms with Gasteiger partial charge in [-0.05, 0) is 68.4 Å². The van der Waals surface area contributed by atoms with E-state index in [1.54, 1.807) is 24.4 Å². The van der Waals surface area contributed by atoms with E-state index in [0.717, 1.165) is 43.3 Å². The Morgan fingerprint density at radius 1 is 1.15 bits per heavy atom. The first-order chi connectivity index (χ1) is 12.3. The number of hydrogen-bond acceptors (Lipinski definition) is 4. The number of rotatable bonds is 3. The third-order valence-corrected chi connectivity index (χ3v) is 7.43. The zero-order valence-electron chi connectivity index (χ0n) is 14.8. The van der Waals surface area contributed by atoms with E-state index >= 15 is 0 Å². The van der Waals surface area contributed by atoms with E-state index in [-0.39, 0.29) is 22.3 Å². The van der Waals surface area contributed by atoms with Gasteiger partial charge in [0.15, 0.2) is 5.69 Å². The lowest BCUT2D eigenvalue weighted by Crippen LogP contribution is -2.59. The van der Waals surface area contributed by atoms with Gasteiger partial charge in [0, 0.05) is 18.0 Å². The van der Waals surface area contributed by atoms with Gasteiger partial charge >= 0.3 is 0 Å². The fourth-order valence-corrected chi connectivity index (χ4v) is 6.78. The van der Waals surface area contributed by atoms with Crippen LogP contribution >= 0.6 is 0 Å². The molecular weight excluding hydrogens is 350 g/mol. The molecule has 4 aliphatic rings. The lowest BCUT2D eigenvalue weighted by molar-refractivity contribution is -0.0167. The Kier molecular flexibility index (Phi) is 3.33. The number of aromatic nitrogens is 2. The molecule has 2 heterocycles. The highest BCUT2D eigenvalue weighted by atomic mass is 32.2. The molecule has 7 heteroatoms. The van der Waals surface area contributed by atoms with Gasteiger partial charge in [0.1, 0.15) is 0 Å². The van der Waals surface area contributed by atoms with Crippen LogP contribution in [0.15, 0.2) is 29.6 Å². The number of sulfone groups is 1. The first kappa shape index (κ1) is 16.3. The molecule has 4 fully saturated rings. The van der Waals surface area contributed by atoms with E-state index in [1.165, 1.54) is 23.7 Å². The second kappa shape index (κ2) is 5.31. The van der Waals surface area contributed by atoms with Gasteiger partial charge in [-0.1, -0.05) is 6.07 Å². The van der Waals surface area contributed by atoms with E-state index < -0.39 is 9.84 Å². The Bertz CT molecular complexity index is 973. The summed E-state index contributed by atoms with van der Waals surface area (Å²) in [5.74, 6) is 1.94. The minimum Gasteiger partial charge on any atom is -0.345 e. The molecule has 0 saturated heterocycles. The van der Waals surface area contributed by atoms with Gasteiger partial charge < -0.3 is 5.32 Å². The molecule has 26 heavy (non-hydrogen) atoms. The maximum atomic E-state index is 13.1. The van der Waals surface area contributed by atoms with Gasteiger partial charge in [0.2, 0.25) is 15.0 Å². The molecule has 6 rings (SSSR count). The van der Waals surface area contributed by atoms with Crippen LogP contribution in [0.25, 0.3) is 5.52 Å². The minimum atomic E-state index is -3.52. The van der Waals surface area contributed by atoms with E-state index in [2.05, 4.69) is 10.3 Å². The molecule has 0 spiro atoms. The van der Waals surface area contributed by atoms with Crippen LogP contribution in [-0.4, -0.2) is 35.5 Å². The number of carbonyl (C=O) groups excluding carboxylic acids is 1. The molecule has 0 atom stereocenters. The SMILES string of the molecule is CS(=O)(=O)c1nc(C(=O)NC23CC4CC(CC(C4)C2)C3)c2ccccn12. The lowest BCUT2D eigenvalue weighted by atomic mass is 9.53. The number of nitrogens with zero attached hydrogens (tertiary/aromatic N) is 2. The monoisotopic (exact) mass is 373 g/mol. The number of amides is 1. The van der Waals surface area contributed by atoms with Crippen LogP contribution in [0.5, 0.6) is 0 Å². The predicted octanol–water partition coefficient (Wildman–Crippen LogP) is 2.44. The van der Waals surface area contributed by atoms with Gasteiger partial charge in [-0.3, -0.25) is 9.20 Å². The van der Waals surface area contributed by atoms with Gasteiger partial charge in [0.05, 0.1) is 5.52 Å². The summed E-state index contributed by atoms with van der Waals surface area (Å²) in [5.41, 5.74) is 0.624. The Labute approximate surface area is 152 Å². The zero-order chi connectivity index (χ0) is 18.1. The minimum absolute atomic E-state index is 0.0798. The molecule has 4 saturated carbocycles. The zero-order valence-corrected chi connectivity index (χ0v) is 15.6. The molecule has 138 valence electrons. The Morgan fingerprint density at radius 2 is 1.77 bits per heavy atom. The molecule has 2 aromatic heterocycles. The quantitative estimate of drug-likeness (QED) is 0.896. The second-order valence-electron chi connectivity index (χ2n) is 8.62. The van der Waals surface area contributed by atoms with Gasteiger partial charge in [0.25, 0.3) is 5.91 Å². The number of imidazole rings is 1. The highest BCUT2D eigenvalue weighted by molar-refractivity contribution is 7.90. The topological polar surface area (TPSA) is 80.5 Å². The summed E-state index contributed by atoms with van der Waals surface area (Å²) in [6.07, 6.45) is 9.83. The molecular formula is C19H23N3O3S. The Hall–Kier alpha value is -1.89. The summed E-state index contributed by atoms with van der Waals surface area (Å²) >= 11 is 0. The standard InChI is InChI=1S/C19H23N3O3S/c1-26(24,25)18-20-16(15-4-2-3-5-22(15)18)17(23)21-19-9-12-6-13(10-19)8-14(7-12)11-19/h2-5,12-14H,6-11H2,1H3,(H,21,23). The molecule has 0 aromatic carbocycles. The summed E-state index contributed by atoms with van der Waals surface area (Å²) in [5, 5.41) is 3.21. The number of carbonyl (C=O) groups is 1. The largest absolute Gasteiger partial charge is 0.345 e. The third-order valence-electron chi connectivity index (χ3n) is 6.48. The number of nitrogens with one attached hydrogen (secondary N) is 1. The van der Waals surface area contributed by atoms with E-state index in [4.69, 9.17) is 0 Å². The van der Waals surface area contributed by atoms with E-state index in [1.807, 2.05) is 0 Å². The van der Waals surface area contributed by atoms with Crippen molar-refractivity contribution in [2.45, 2.75) is 49.2 Å². The summed E-state index contributed by atoms with van der Waals surface area (Å²) in [6.45, 7) is 0. The molecule has 1 N–H and O–H groups in total. The van der Waals surface area contributed by atoms with Crippen molar-refractivity contribution < 1.29 is 13.2 Å². The van der Waals surface area contributed by atoms with Crippen molar-refractivity contribution in [1.82, 2.24) is 14.7 Å². The van der Waals surface area contributed by atoms with E-state index in [9.17, 15) is 13.2 Å². The van der Waals surface area contributed by atoms with Crippen LogP contribution in [0.1, 0.15) is 49.0 Å². The summed E-state index contributed by atoms with van der Waals surface area (Å²) in [6, 6.07) is 5.28. The van der Waals surface area contributed by atoms with Gasteiger partial charge in [-0.25, -0.2) is 13.4 Å². The summed E-state index contributed by atoms with van der Waals surface area (Å²) in [4.78, 5) is 17.3. The van der Waals surface area contributed by atoms with Crippen molar-refractivity contribution in [2.24, 2.45) is 17.8 Å². The first-order valence-electron chi connectivity index (χ1n) is 9.33. The molecule has 0 aliphatic heterocycles. The van der Waals surface area contributed by atoms with Crippen LogP contribution in [-0.2, 0) is 9.84 Å². The van der Waals surface area contributed by atoms with Crippen molar-refractivity contribution in [3.8, 4) is 0 Å². The third kappa shape index (κ3) is 2.47. The molecule has 4 aliphatic carbocycles. The highest BCUT2D eigenvalue weighted by Crippen LogP contribution is 2.55. The van der Waals surface area contributed by atoms with Crippen LogP contribution in [0.2, 0.25) is 0 Å². The molecule has 4 bridgehead atoms. The normalized spacial score (nSPS) is 32.9. The predicted molar refractivity (Wildman–Crippen MR) is 96.7 cm³/mol. The molecule has 0 unspecified atom stereocenters. The van der Waals surface area contributed by atoms with Crippen molar-refractivity contribution in [2.75, 3.05) is 6.26 Å². The molecule has 6 nitrogen and oxygen atoms in total. The van der Waals surface area contributed by atoms with Crippen LogP contribution in [0, 0.1) is 17.8 Å². The summed E-state index contributed by atoms with van der Waals surface area (Å²) < 4.78 is 25.6. The fourth-order valence-electron chi connectivity index (χ4n) is 6.00. The van der Waals surface area contributed by atoms with Crippen LogP contribution < -0.4 is 5.32 Å². The number of pyridine rings is 1. The average molecular weight is 373 g/mol. The highest BCUT2D eigenvalue weighted by Gasteiger charge is 2.51. The van der Waals surface area contributed by atoms with Crippen molar-refractivity contribution in [1.29, 1.82) is 0 Å². The van der Waals surface area contributed by atoms with Gasteiger partial charge in [-0.2, -0.15) is 0 Å². The average Bonchev–Trinajstić information content (AvgIpc) is 2.93. The maximum absolute atomic E-state index is 13.1.